The van der Waals surface area contributed by atoms with Crippen LogP contribution in [0.3, 0.4) is 0 Å². The van der Waals surface area contributed by atoms with Crippen LogP contribution in [-0.4, -0.2) is 32.7 Å². The molecule has 2 aromatic carbocycles. The normalized spacial score (nSPS) is 10.9. The lowest BCUT2D eigenvalue weighted by Gasteiger charge is -2.12. The second-order valence-corrected chi connectivity index (χ2v) is 7.75. The number of sulfonamides is 1. The summed E-state index contributed by atoms with van der Waals surface area (Å²) in [6, 6.07) is 11.1. The summed E-state index contributed by atoms with van der Waals surface area (Å²) in [7, 11) is -3.37. The van der Waals surface area contributed by atoms with Gasteiger partial charge in [-0.25, -0.2) is 13.2 Å². The van der Waals surface area contributed by atoms with Crippen molar-refractivity contribution in [3.63, 3.8) is 0 Å². The SMILES string of the molecule is CCOC(=O)c1cccc(NC(=O)c2ccc(NS(=O)(=O)CC)cc2)c1C. The average molecular weight is 390 g/mol. The maximum absolute atomic E-state index is 12.5. The Bertz CT molecular complexity index is 937. The Balaban J connectivity index is 2.16. The molecule has 0 saturated carbocycles. The fourth-order valence-corrected chi connectivity index (χ4v) is 2.98. The highest BCUT2D eigenvalue weighted by atomic mass is 32.2. The van der Waals surface area contributed by atoms with Gasteiger partial charge in [0.05, 0.1) is 17.9 Å². The highest BCUT2D eigenvalue weighted by Crippen LogP contribution is 2.21. The number of carbonyl (C=O) groups is 2. The molecule has 0 bridgehead atoms. The van der Waals surface area contributed by atoms with Gasteiger partial charge in [-0.2, -0.15) is 0 Å². The lowest BCUT2D eigenvalue weighted by Crippen LogP contribution is -2.16. The van der Waals surface area contributed by atoms with E-state index >= 15 is 0 Å². The highest BCUT2D eigenvalue weighted by Gasteiger charge is 2.15. The first kappa shape index (κ1) is 20.4. The Labute approximate surface area is 158 Å². The van der Waals surface area contributed by atoms with E-state index in [0.717, 1.165) is 0 Å². The number of benzene rings is 2. The number of hydrogen-bond donors (Lipinski definition) is 2. The fourth-order valence-electron chi connectivity index (χ4n) is 2.34. The van der Waals surface area contributed by atoms with E-state index in [9.17, 15) is 18.0 Å². The molecule has 0 aliphatic rings. The largest absolute Gasteiger partial charge is 0.462 e. The van der Waals surface area contributed by atoms with Crippen LogP contribution in [0.2, 0.25) is 0 Å². The summed E-state index contributed by atoms with van der Waals surface area (Å²) >= 11 is 0. The molecule has 0 aliphatic heterocycles. The molecule has 2 N–H and O–H groups in total. The highest BCUT2D eigenvalue weighted by molar-refractivity contribution is 7.92. The maximum Gasteiger partial charge on any atom is 0.338 e. The first-order valence-corrected chi connectivity index (χ1v) is 10.1. The number of amides is 1. The van der Waals surface area contributed by atoms with E-state index in [4.69, 9.17) is 4.74 Å². The zero-order valence-electron chi connectivity index (χ0n) is 15.4. The number of carbonyl (C=O) groups excluding carboxylic acids is 2. The van der Waals surface area contributed by atoms with Crippen molar-refractivity contribution in [2.45, 2.75) is 20.8 Å². The van der Waals surface area contributed by atoms with E-state index in [1.165, 1.54) is 31.2 Å². The molecule has 27 heavy (non-hydrogen) atoms. The number of ether oxygens (including phenoxy) is 1. The predicted molar refractivity (Wildman–Crippen MR) is 105 cm³/mol. The Kier molecular flexibility index (Phi) is 6.57. The molecule has 0 aromatic heterocycles. The molecule has 144 valence electrons. The summed E-state index contributed by atoms with van der Waals surface area (Å²) < 4.78 is 30.6. The summed E-state index contributed by atoms with van der Waals surface area (Å²) in [6.45, 7) is 5.26. The van der Waals surface area contributed by atoms with Crippen LogP contribution in [0, 0.1) is 6.92 Å². The molecule has 2 aromatic rings. The first-order chi connectivity index (χ1) is 12.8. The number of hydrogen-bond acceptors (Lipinski definition) is 5. The van der Waals surface area contributed by atoms with E-state index in [1.54, 1.807) is 32.0 Å². The second-order valence-electron chi connectivity index (χ2n) is 5.74. The average Bonchev–Trinajstić information content (AvgIpc) is 2.64. The van der Waals surface area contributed by atoms with Crippen LogP contribution in [0.4, 0.5) is 11.4 Å². The molecule has 8 heteroatoms. The molecule has 0 spiro atoms. The van der Waals surface area contributed by atoms with Gasteiger partial charge in [-0.1, -0.05) is 6.07 Å². The number of anilines is 2. The van der Waals surface area contributed by atoms with Crippen molar-refractivity contribution in [2.24, 2.45) is 0 Å². The van der Waals surface area contributed by atoms with Crippen molar-refractivity contribution in [2.75, 3.05) is 22.4 Å². The van der Waals surface area contributed by atoms with Gasteiger partial charge in [-0.05, 0) is 62.7 Å². The van der Waals surface area contributed by atoms with Crippen LogP contribution in [0.1, 0.15) is 40.1 Å². The molecule has 0 fully saturated rings. The smallest absolute Gasteiger partial charge is 0.338 e. The van der Waals surface area contributed by atoms with Crippen LogP contribution in [-0.2, 0) is 14.8 Å². The van der Waals surface area contributed by atoms with Gasteiger partial charge in [0.25, 0.3) is 5.91 Å². The monoisotopic (exact) mass is 390 g/mol. The molecule has 0 atom stereocenters. The molecule has 0 unspecified atom stereocenters. The molecule has 7 nitrogen and oxygen atoms in total. The van der Waals surface area contributed by atoms with Crippen LogP contribution in [0.25, 0.3) is 0 Å². The first-order valence-electron chi connectivity index (χ1n) is 8.46. The van der Waals surface area contributed by atoms with Gasteiger partial charge in [-0.3, -0.25) is 9.52 Å². The number of esters is 1. The van der Waals surface area contributed by atoms with Crippen LogP contribution in [0.15, 0.2) is 42.5 Å². The fraction of sp³-hybridized carbons (Fsp3) is 0.263. The van der Waals surface area contributed by atoms with Crippen LogP contribution >= 0.6 is 0 Å². The van der Waals surface area contributed by atoms with Crippen molar-refractivity contribution >= 4 is 33.3 Å². The number of rotatable bonds is 7. The maximum atomic E-state index is 12.5. The minimum Gasteiger partial charge on any atom is -0.462 e. The lowest BCUT2D eigenvalue weighted by atomic mass is 10.1. The van der Waals surface area contributed by atoms with Crippen molar-refractivity contribution in [1.29, 1.82) is 0 Å². The third kappa shape index (κ3) is 5.30. The van der Waals surface area contributed by atoms with Crippen molar-refractivity contribution in [1.82, 2.24) is 0 Å². The second kappa shape index (κ2) is 8.68. The van der Waals surface area contributed by atoms with Crippen LogP contribution < -0.4 is 10.0 Å². The molecule has 0 heterocycles. The van der Waals surface area contributed by atoms with E-state index in [0.29, 0.717) is 28.1 Å². The van der Waals surface area contributed by atoms with E-state index in [-0.39, 0.29) is 18.3 Å². The predicted octanol–water partition coefficient (Wildman–Crippen LogP) is 3.19. The molecule has 2 rings (SSSR count). The molecule has 1 amide bonds. The van der Waals surface area contributed by atoms with Gasteiger partial charge >= 0.3 is 5.97 Å². The van der Waals surface area contributed by atoms with Crippen LogP contribution in [0.5, 0.6) is 0 Å². The third-order valence-electron chi connectivity index (χ3n) is 3.88. The molecule has 0 radical (unpaired) electrons. The van der Waals surface area contributed by atoms with Gasteiger partial charge in [0.15, 0.2) is 0 Å². The molecular formula is C19H22N2O5S. The molecular weight excluding hydrogens is 368 g/mol. The van der Waals surface area contributed by atoms with Crippen molar-refractivity contribution < 1.29 is 22.7 Å². The van der Waals surface area contributed by atoms with E-state index in [2.05, 4.69) is 10.0 Å². The summed E-state index contributed by atoms with van der Waals surface area (Å²) in [6.07, 6.45) is 0. The van der Waals surface area contributed by atoms with Crippen molar-refractivity contribution in [3.8, 4) is 0 Å². The summed E-state index contributed by atoms with van der Waals surface area (Å²) in [5.41, 5.74) is 2.24. The Morgan fingerprint density at radius 1 is 1.04 bits per heavy atom. The van der Waals surface area contributed by atoms with E-state index < -0.39 is 16.0 Å². The molecule has 0 saturated heterocycles. The van der Waals surface area contributed by atoms with Gasteiger partial charge in [0, 0.05) is 16.9 Å². The minimum absolute atomic E-state index is 0.0364. The summed E-state index contributed by atoms with van der Waals surface area (Å²) in [5.74, 6) is -0.853. The Hall–Kier alpha value is -2.87. The van der Waals surface area contributed by atoms with Crippen molar-refractivity contribution in [3.05, 3.63) is 59.2 Å². The van der Waals surface area contributed by atoms with Gasteiger partial charge in [0.2, 0.25) is 10.0 Å². The minimum atomic E-state index is -3.37. The van der Waals surface area contributed by atoms with Gasteiger partial charge in [-0.15, -0.1) is 0 Å². The van der Waals surface area contributed by atoms with Gasteiger partial charge in [0.1, 0.15) is 0 Å². The number of nitrogens with one attached hydrogen (secondary N) is 2. The molecule has 0 aliphatic carbocycles. The Morgan fingerprint density at radius 2 is 1.70 bits per heavy atom. The third-order valence-corrected chi connectivity index (χ3v) is 5.18. The topological polar surface area (TPSA) is 102 Å². The summed E-state index contributed by atoms with van der Waals surface area (Å²) in [4.78, 5) is 24.4. The summed E-state index contributed by atoms with van der Waals surface area (Å²) in [5, 5.41) is 2.76. The van der Waals surface area contributed by atoms with E-state index in [1.807, 2.05) is 0 Å². The zero-order valence-corrected chi connectivity index (χ0v) is 16.2. The lowest BCUT2D eigenvalue weighted by molar-refractivity contribution is 0.0525. The van der Waals surface area contributed by atoms with Gasteiger partial charge < -0.3 is 10.1 Å². The Morgan fingerprint density at radius 3 is 2.30 bits per heavy atom. The standard InChI is InChI=1S/C19H22N2O5S/c1-4-26-19(23)16-7-6-8-17(13(16)3)20-18(22)14-9-11-15(12-10-14)21-27(24,25)5-2/h6-12,21H,4-5H2,1-3H3,(H,20,22). The zero-order chi connectivity index (χ0) is 20.0. The quantitative estimate of drug-likeness (QED) is 0.707.